The topological polar surface area (TPSA) is 120 Å². The fraction of sp³-hybridized carbons (Fsp3) is 0.500. The fourth-order valence-corrected chi connectivity index (χ4v) is 7.99. The molecule has 1 aliphatic carbocycles. The number of hydrogen-bond donors (Lipinski definition) is 3. The van der Waals surface area contributed by atoms with Crippen LogP contribution in [0, 0.1) is 0 Å². The van der Waals surface area contributed by atoms with Crippen LogP contribution in [0.15, 0.2) is 23.5 Å². The molecule has 0 radical (unpaired) electrons. The van der Waals surface area contributed by atoms with Crippen LogP contribution in [-0.2, 0) is 4.74 Å². The van der Waals surface area contributed by atoms with Gasteiger partial charge in [0.2, 0.25) is 0 Å². The first kappa shape index (κ1) is 28.7. The molecule has 3 aromatic rings. The molecule has 5 unspecified atom stereocenters. The van der Waals surface area contributed by atoms with E-state index < -0.39 is 5.83 Å². The summed E-state index contributed by atoms with van der Waals surface area (Å²) in [6.45, 7) is 5.57. The van der Waals surface area contributed by atoms with Crippen LogP contribution in [0.5, 0.6) is 5.75 Å². The minimum absolute atomic E-state index is 0.118. The Labute approximate surface area is 257 Å². The average molecular weight is 628 g/mol. The van der Waals surface area contributed by atoms with E-state index in [0.29, 0.717) is 57.8 Å². The molecule has 4 N–H and O–H groups in total. The SMILES string of the molecule is C=C/C(F)=c1/sc(N)n/c1=C\c1c(Cl)cc2c(N3CC4CCC(C3)N4)nc(=O)n3c2c1OCC3COC1CCC(NC)C1. The Balaban J connectivity index is 1.38. The number of nitrogens with two attached hydrogens (primary N) is 1. The van der Waals surface area contributed by atoms with E-state index in [9.17, 15) is 9.18 Å². The van der Waals surface area contributed by atoms with Crippen molar-refractivity contribution in [2.45, 2.75) is 62.4 Å². The summed E-state index contributed by atoms with van der Waals surface area (Å²) in [4.78, 5) is 25.1. The number of rotatable bonds is 7. The lowest BCUT2D eigenvalue weighted by atomic mass is 10.1. The first-order chi connectivity index (χ1) is 20.8. The van der Waals surface area contributed by atoms with Crippen LogP contribution in [-0.4, -0.2) is 72.1 Å². The summed E-state index contributed by atoms with van der Waals surface area (Å²) >= 11 is 7.98. The lowest BCUT2D eigenvalue weighted by Crippen LogP contribution is -2.52. The molecular weight excluding hydrogens is 593 g/mol. The second kappa shape index (κ2) is 11.5. The maximum Gasteiger partial charge on any atom is 0.350 e. The number of nitrogens with zero attached hydrogens (tertiary/aromatic N) is 4. The van der Waals surface area contributed by atoms with Gasteiger partial charge in [0.05, 0.1) is 39.2 Å². The molecule has 228 valence electrons. The van der Waals surface area contributed by atoms with Crippen LogP contribution >= 0.6 is 22.9 Å². The first-order valence-corrected chi connectivity index (χ1v) is 16.0. The van der Waals surface area contributed by atoms with Gasteiger partial charge in [0.15, 0.2) is 10.9 Å². The summed E-state index contributed by atoms with van der Waals surface area (Å²) in [5.41, 5.74) is 6.70. The monoisotopic (exact) mass is 627 g/mol. The molecule has 2 bridgehead atoms. The van der Waals surface area contributed by atoms with Gasteiger partial charge >= 0.3 is 5.69 Å². The fourth-order valence-electron chi connectivity index (χ4n) is 7.00. The molecular formula is C30H35ClFN7O3S. The average Bonchev–Trinajstić information content (AvgIpc) is 3.72. The van der Waals surface area contributed by atoms with E-state index in [1.165, 1.54) is 0 Å². The Morgan fingerprint density at radius 2 is 2.12 bits per heavy atom. The van der Waals surface area contributed by atoms with Gasteiger partial charge in [-0.2, -0.15) is 4.98 Å². The third-order valence-corrected chi connectivity index (χ3v) is 10.3. The highest BCUT2D eigenvalue weighted by atomic mass is 35.5. The molecule has 1 saturated carbocycles. The molecule has 5 atom stereocenters. The predicted molar refractivity (Wildman–Crippen MR) is 168 cm³/mol. The van der Waals surface area contributed by atoms with E-state index in [0.717, 1.165) is 68.0 Å². The molecule has 4 aliphatic rings. The minimum atomic E-state index is -0.534. The minimum Gasteiger partial charge on any atom is -0.488 e. The summed E-state index contributed by atoms with van der Waals surface area (Å²) in [7, 11) is 1.97. The van der Waals surface area contributed by atoms with E-state index >= 15 is 0 Å². The van der Waals surface area contributed by atoms with Crippen LogP contribution in [0.3, 0.4) is 0 Å². The molecule has 0 amide bonds. The van der Waals surface area contributed by atoms with Crippen molar-refractivity contribution in [1.82, 2.24) is 25.2 Å². The molecule has 43 heavy (non-hydrogen) atoms. The van der Waals surface area contributed by atoms with Crippen molar-refractivity contribution in [2.75, 3.05) is 44.0 Å². The van der Waals surface area contributed by atoms with Crippen molar-refractivity contribution in [1.29, 1.82) is 0 Å². The van der Waals surface area contributed by atoms with Crippen LogP contribution in [0.25, 0.3) is 22.8 Å². The highest BCUT2D eigenvalue weighted by Crippen LogP contribution is 2.42. The third-order valence-electron chi connectivity index (χ3n) is 9.10. The lowest BCUT2D eigenvalue weighted by molar-refractivity contribution is 0.0216. The molecule has 7 rings (SSSR count). The maximum absolute atomic E-state index is 14.7. The van der Waals surface area contributed by atoms with Gasteiger partial charge in [-0.25, -0.2) is 14.2 Å². The number of halogens is 2. The van der Waals surface area contributed by atoms with E-state index in [2.05, 4.69) is 32.1 Å². The normalized spacial score (nSPS) is 27.6. The number of ether oxygens (including phenoxy) is 2. The van der Waals surface area contributed by atoms with Gasteiger partial charge in [0.25, 0.3) is 0 Å². The van der Waals surface area contributed by atoms with Gasteiger partial charge in [-0.1, -0.05) is 29.5 Å². The number of anilines is 2. The molecule has 2 aromatic heterocycles. The Hall–Kier alpha value is -3.03. The number of benzene rings is 1. The number of fused-ring (bicyclic) bond motifs is 2. The van der Waals surface area contributed by atoms with Gasteiger partial charge in [-0.15, -0.1) is 0 Å². The van der Waals surface area contributed by atoms with Crippen molar-refractivity contribution in [3.8, 4) is 5.75 Å². The summed E-state index contributed by atoms with van der Waals surface area (Å²) in [6.07, 6.45) is 8.05. The molecule has 10 nitrogen and oxygen atoms in total. The third kappa shape index (κ3) is 5.22. The predicted octanol–water partition coefficient (Wildman–Crippen LogP) is 2.21. The highest BCUT2D eigenvalue weighted by molar-refractivity contribution is 7.13. The standard InChI is InChI=1S/C30H35ClFN7O3S/c1-3-23(32)27-24(36-29(33)43-27)10-20-22(31)9-21-25-26(20)42-14-18(13-41-19-7-6-15(8-19)34-2)39(25)30(40)37-28(21)38-11-16-4-5-17(12-38)35-16/h3,9-10,15-19,34-35H,1,4-8,11-14H2,2H3,(H2,33,36)/b24-10-,27-23-. The smallest absolute Gasteiger partial charge is 0.350 e. The van der Waals surface area contributed by atoms with Crippen molar-refractivity contribution < 1.29 is 13.9 Å². The van der Waals surface area contributed by atoms with E-state index in [1.54, 1.807) is 10.6 Å². The number of nitrogen functional groups attached to an aromatic ring is 1. The second-order valence-corrected chi connectivity index (χ2v) is 13.2. The summed E-state index contributed by atoms with van der Waals surface area (Å²) in [5, 5.41) is 8.61. The van der Waals surface area contributed by atoms with E-state index in [1.807, 2.05) is 13.1 Å². The highest BCUT2D eigenvalue weighted by Gasteiger charge is 2.36. The van der Waals surface area contributed by atoms with Crippen LogP contribution < -0.4 is 41.6 Å². The molecule has 13 heteroatoms. The number of nitrogens with one attached hydrogen (secondary N) is 2. The Bertz CT molecular complexity index is 1770. The summed E-state index contributed by atoms with van der Waals surface area (Å²) in [6, 6.07) is 2.60. The van der Waals surface area contributed by atoms with Crippen LogP contribution in [0.1, 0.15) is 43.7 Å². The van der Waals surface area contributed by atoms with Gasteiger partial charge < -0.3 is 30.7 Å². The van der Waals surface area contributed by atoms with Crippen LogP contribution in [0.2, 0.25) is 5.02 Å². The molecule has 0 spiro atoms. The van der Waals surface area contributed by atoms with Gasteiger partial charge in [-0.3, -0.25) is 4.57 Å². The Morgan fingerprint density at radius 1 is 1.33 bits per heavy atom. The number of hydrogen-bond acceptors (Lipinski definition) is 10. The van der Waals surface area contributed by atoms with Gasteiger partial charge in [-0.05, 0) is 57.4 Å². The zero-order valence-electron chi connectivity index (χ0n) is 23.9. The number of thiazole rings is 1. The molecule has 1 aromatic carbocycles. The molecule has 3 fully saturated rings. The van der Waals surface area contributed by atoms with Gasteiger partial charge in [0, 0.05) is 42.2 Å². The number of piperazine rings is 1. The zero-order valence-corrected chi connectivity index (χ0v) is 25.5. The van der Waals surface area contributed by atoms with E-state index in [4.69, 9.17) is 26.8 Å². The van der Waals surface area contributed by atoms with Crippen molar-refractivity contribution in [3.63, 3.8) is 0 Å². The number of aromatic nitrogens is 3. The van der Waals surface area contributed by atoms with Crippen molar-refractivity contribution in [2.24, 2.45) is 0 Å². The summed E-state index contributed by atoms with van der Waals surface area (Å²) in [5.74, 6) is 0.505. The van der Waals surface area contributed by atoms with Gasteiger partial charge in [0.1, 0.15) is 18.3 Å². The maximum atomic E-state index is 14.7. The Morgan fingerprint density at radius 3 is 2.84 bits per heavy atom. The Kier molecular flexibility index (Phi) is 7.67. The van der Waals surface area contributed by atoms with Crippen molar-refractivity contribution >= 4 is 56.7 Å². The molecule has 5 heterocycles. The quantitative estimate of drug-likeness (QED) is 0.362. The van der Waals surface area contributed by atoms with E-state index in [-0.39, 0.29) is 34.1 Å². The zero-order chi connectivity index (χ0) is 29.8. The van der Waals surface area contributed by atoms with Crippen molar-refractivity contribution in [3.05, 3.63) is 49.7 Å². The molecule has 3 aliphatic heterocycles. The first-order valence-electron chi connectivity index (χ1n) is 14.8. The lowest BCUT2D eigenvalue weighted by Gasteiger charge is -2.36. The summed E-state index contributed by atoms with van der Waals surface area (Å²) < 4.78 is 29.4. The number of allylic oxidation sites excluding steroid dienone is 1. The second-order valence-electron chi connectivity index (χ2n) is 11.8. The van der Waals surface area contributed by atoms with Crippen LogP contribution in [0.4, 0.5) is 15.3 Å². The largest absolute Gasteiger partial charge is 0.488 e. The molecule has 2 saturated heterocycles.